The molecule has 0 saturated heterocycles. The minimum Gasteiger partial charge on any atom is -0.491 e. The van der Waals surface area contributed by atoms with Crippen molar-refractivity contribution in [2.45, 2.75) is 33.2 Å². The molecule has 1 aromatic carbocycles. The van der Waals surface area contributed by atoms with Crippen molar-refractivity contribution < 1.29 is 9.47 Å². The van der Waals surface area contributed by atoms with Gasteiger partial charge in [0.15, 0.2) is 0 Å². The van der Waals surface area contributed by atoms with E-state index in [1.54, 1.807) is 0 Å². The molecule has 3 nitrogen and oxygen atoms in total. The molecule has 1 aromatic rings. The van der Waals surface area contributed by atoms with Crippen LogP contribution in [0.2, 0.25) is 0 Å². The zero-order chi connectivity index (χ0) is 13.4. The maximum atomic E-state index is 5.80. The zero-order valence-electron chi connectivity index (χ0n) is 12.0. The normalized spacial score (nSPS) is 12.4. The predicted molar refractivity (Wildman–Crippen MR) is 75.3 cm³/mol. The van der Waals surface area contributed by atoms with Crippen molar-refractivity contribution in [1.82, 2.24) is 5.32 Å². The quantitative estimate of drug-likeness (QED) is 0.720. The number of aryl methyl sites for hydroxylation is 1. The molecule has 0 spiro atoms. The van der Waals surface area contributed by atoms with Gasteiger partial charge in [-0.05, 0) is 33.4 Å². The van der Waals surface area contributed by atoms with Crippen LogP contribution in [-0.2, 0) is 4.74 Å². The fourth-order valence-electron chi connectivity index (χ4n) is 1.75. The third kappa shape index (κ3) is 4.67. The molecule has 0 radical (unpaired) electrons. The maximum Gasteiger partial charge on any atom is 0.124 e. The number of hydrogen-bond acceptors (Lipinski definition) is 3. The number of ether oxygens (including phenoxy) is 2. The van der Waals surface area contributed by atoms with Gasteiger partial charge < -0.3 is 14.8 Å². The molecule has 0 saturated carbocycles. The molecule has 102 valence electrons. The van der Waals surface area contributed by atoms with Crippen LogP contribution in [0.4, 0.5) is 0 Å². The fourth-order valence-corrected chi connectivity index (χ4v) is 1.75. The third-order valence-corrected chi connectivity index (χ3v) is 2.90. The summed E-state index contributed by atoms with van der Waals surface area (Å²) in [6.07, 6.45) is 1.05. The molecule has 3 heteroatoms. The van der Waals surface area contributed by atoms with E-state index in [1.165, 1.54) is 11.1 Å². The average molecular weight is 251 g/mol. The summed E-state index contributed by atoms with van der Waals surface area (Å²) in [5, 5.41) is 3.25. The topological polar surface area (TPSA) is 30.5 Å². The van der Waals surface area contributed by atoms with Gasteiger partial charge in [-0.15, -0.1) is 0 Å². The first-order chi connectivity index (χ1) is 8.69. The summed E-state index contributed by atoms with van der Waals surface area (Å²) in [5.41, 5.74) is 2.45. The summed E-state index contributed by atoms with van der Waals surface area (Å²) in [6.45, 7) is 8.39. The van der Waals surface area contributed by atoms with Crippen molar-refractivity contribution in [2.75, 3.05) is 26.9 Å². The molecule has 18 heavy (non-hydrogen) atoms. The molecule has 0 amide bonds. The van der Waals surface area contributed by atoms with E-state index in [-0.39, 0.29) is 6.04 Å². The molecule has 0 aromatic heterocycles. The largest absolute Gasteiger partial charge is 0.491 e. The van der Waals surface area contributed by atoms with E-state index in [0.29, 0.717) is 13.2 Å². The molecule has 0 aliphatic rings. The lowest BCUT2D eigenvalue weighted by Crippen LogP contribution is -2.15. The first-order valence-electron chi connectivity index (χ1n) is 6.67. The predicted octanol–water partition coefficient (Wildman–Crippen LogP) is 3.08. The average Bonchev–Trinajstić information content (AvgIpc) is 2.39. The lowest BCUT2D eigenvalue weighted by molar-refractivity contribution is 0.100. The summed E-state index contributed by atoms with van der Waals surface area (Å²) in [5.74, 6) is 0.947. The van der Waals surface area contributed by atoms with Crippen molar-refractivity contribution in [2.24, 2.45) is 0 Å². The van der Waals surface area contributed by atoms with Gasteiger partial charge >= 0.3 is 0 Å². The number of hydrogen-bond donors (Lipinski definition) is 1. The molecule has 1 N–H and O–H groups in total. The first-order valence-corrected chi connectivity index (χ1v) is 6.67. The molecule has 0 aliphatic carbocycles. The molecule has 1 atom stereocenters. The Morgan fingerprint density at radius 3 is 2.67 bits per heavy atom. The van der Waals surface area contributed by atoms with E-state index in [4.69, 9.17) is 9.47 Å². The van der Waals surface area contributed by atoms with Gasteiger partial charge in [-0.1, -0.05) is 24.6 Å². The third-order valence-electron chi connectivity index (χ3n) is 2.90. The van der Waals surface area contributed by atoms with E-state index < -0.39 is 0 Å². The Hall–Kier alpha value is -1.06. The van der Waals surface area contributed by atoms with Gasteiger partial charge in [-0.25, -0.2) is 0 Å². The van der Waals surface area contributed by atoms with Gasteiger partial charge in [-0.2, -0.15) is 0 Å². The number of nitrogens with one attached hydrogen (secondary N) is 1. The van der Waals surface area contributed by atoms with Crippen LogP contribution < -0.4 is 10.1 Å². The maximum absolute atomic E-state index is 5.80. The Morgan fingerprint density at radius 2 is 2.00 bits per heavy atom. The standard InChI is InChI=1S/C15H25NO2/c1-5-8-17-9-10-18-15-7-6-12(2)11-14(15)13(3)16-4/h6-7,11,13,16H,5,8-10H2,1-4H3. The van der Waals surface area contributed by atoms with Crippen LogP contribution in [-0.4, -0.2) is 26.9 Å². The Kier molecular flexibility index (Phi) is 6.76. The smallest absolute Gasteiger partial charge is 0.124 e. The van der Waals surface area contributed by atoms with Gasteiger partial charge in [0.2, 0.25) is 0 Å². The van der Waals surface area contributed by atoms with Gasteiger partial charge in [0.05, 0.1) is 6.61 Å². The van der Waals surface area contributed by atoms with Crippen molar-refractivity contribution in [3.05, 3.63) is 29.3 Å². The van der Waals surface area contributed by atoms with Crippen LogP contribution in [0, 0.1) is 6.92 Å². The van der Waals surface area contributed by atoms with Crippen molar-refractivity contribution in [3.8, 4) is 5.75 Å². The van der Waals surface area contributed by atoms with Crippen LogP contribution in [0.15, 0.2) is 18.2 Å². The van der Waals surface area contributed by atoms with Gasteiger partial charge in [-0.3, -0.25) is 0 Å². The van der Waals surface area contributed by atoms with Crippen LogP contribution in [0.5, 0.6) is 5.75 Å². The van der Waals surface area contributed by atoms with E-state index in [0.717, 1.165) is 18.8 Å². The first kappa shape index (κ1) is 15.0. The molecular weight excluding hydrogens is 226 g/mol. The van der Waals surface area contributed by atoms with E-state index in [2.05, 4.69) is 38.2 Å². The van der Waals surface area contributed by atoms with Gasteiger partial charge in [0.25, 0.3) is 0 Å². The Bertz CT molecular complexity index is 352. The highest BCUT2D eigenvalue weighted by atomic mass is 16.5. The summed E-state index contributed by atoms with van der Waals surface area (Å²) >= 11 is 0. The van der Waals surface area contributed by atoms with Gasteiger partial charge in [0, 0.05) is 18.2 Å². The number of rotatable bonds is 8. The highest BCUT2D eigenvalue weighted by Gasteiger charge is 2.10. The van der Waals surface area contributed by atoms with Crippen molar-refractivity contribution >= 4 is 0 Å². The second kappa shape index (κ2) is 8.11. The molecule has 0 fully saturated rings. The van der Waals surface area contributed by atoms with Crippen LogP contribution in [0.25, 0.3) is 0 Å². The lowest BCUT2D eigenvalue weighted by atomic mass is 10.0. The minimum atomic E-state index is 0.288. The van der Waals surface area contributed by atoms with Crippen LogP contribution in [0.3, 0.4) is 0 Å². The Morgan fingerprint density at radius 1 is 1.22 bits per heavy atom. The molecule has 1 unspecified atom stereocenters. The second-order valence-corrected chi connectivity index (χ2v) is 4.51. The molecule has 0 heterocycles. The van der Waals surface area contributed by atoms with E-state index >= 15 is 0 Å². The van der Waals surface area contributed by atoms with E-state index in [1.807, 2.05) is 13.1 Å². The zero-order valence-corrected chi connectivity index (χ0v) is 12.0. The summed E-state index contributed by atoms with van der Waals surface area (Å²) in [7, 11) is 1.96. The monoisotopic (exact) mass is 251 g/mol. The van der Waals surface area contributed by atoms with Gasteiger partial charge in [0.1, 0.15) is 12.4 Å². The molecule has 1 rings (SSSR count). The summed E-state index contributed by atoms with van der Waals surface area (Å²) in [4.78, 5) is 0. The highest BCUT2D eigenvalue weighted by molar-refractivity contribution is 5.38. The Balaban J connectivity index is 2.58. The van der Waals surface area contributed by atoms with E-state index in [9.17, 15) is 0 Å². The van der Waals surface area contributed by atoms with Crippen molar-refractivity contribution in [3.63, 3.8) is 0 Å². The Labute approximate surface area is 110 Å². The number of benzene rings is 1. The molecular formula is C15H25NO2. The molecule has 0 aliphatic heterocycles. The SMILES string of the molecule is CCCOCCOc1ccc(C)cc1C(C)NC. The summed E-state index contributed by atoms with van der Waals surface area (Å²) in [6, 6.07) is 6.58. The minimum absolute atomic E-state index is 0.288. The molecule has 0 bridgehead atoms. The lowest BCUT2D eigenvalue weighted by Gasteiger charge is -2.17. The van der Waals surface area contributed by atoms with Crippen molar-refractivity contribution in [1.29, 1.82) is 0 Å². The summed E-state index contributed by atoms with van der Waals surface area (Å²) < 4.78 is 11.2. The highest BCUT2D eigenvalue weighted by Crippen LogP contribution is 2.26. The second-order valence-electron chi connectivity index (χ2n) is 4.51. The van der Waals surface area contributed by atoms with Crippen LogP contribution in [0.1, 0.15) is 37.4 Å². The van der Waals surface area contributed by atoms with Crippen LogP contribution >= 0.6 is 0 Å². The fraction of sp³-hybridized carbons (Fsp3) is 0.600.